The van der Waals surface area contributed by atoms with Gasteiger partial charge in [-0.05, 0) is 75.8 Å². The Labute approximate surface area is 201 Å². The normalized spacial score (nSPS) is 18.6. The van der Waals surface area contributed by atoms with E-state index >= 15 is 0 Å². The van der Waals surface area contributed by atoms with Gasteiger partial charge >= 0.3 is 10.2 Å². The molecule has 2 heterocycles. The molecule has 1 aliphatic heterocycles. The van der Waals surface area contributed by atoms with Crippen molar-refractivity contribution < 1.29 is 18.0 Å². The Morgan fingerprint density at radius 2 is 1.97 bits per heavy atom. The van der Waals surface area contributed by atoms with Gasteiger partial charge in [-0.1, -0.05) is 5.16 Å². The smallest absolute Gasteiger partial charge is 0.304 e. The van der Waals surface area contributed by atoms with Crippen LogP contribution < -0.4 is 14.8 Å². The van der Waals surface area contributed by atoms with Gasteiger partial charge in [-0.15, -0.1) is 0 Å². The third-order valence-electron chi connectivity index (χ3n) is 5.92. The van der Waals surface area contributed by atoms with Gasteiger partial charge in [0.25, 0.3) is 0 Å². The fourth-order valence-electron chi connectivity index (χ4n) is 4.21. The highest BCUT2D eigenvalue weighted by molar-refractivity contribution is 7.90. The molecule has 2 aliphatic rings. The van der Waals surface area contributed by atoms with Gasteiger partial charge < -0.3 is 15.3 Å². The zero-order valence-corrected chi connectivity index (χ0v) is 20.6. The standard InChI is InChI=1S/C24H33N5O4S/c1-18(2)33-27-23-9-6-19-16-21(7-8-22(19)23)32-15-5-3-4-12-28-13-14-29(34(28,30)31)20-10-11-26-24(25)17-20/h7-8,10-11,16-18H,3-6,9,12-15H2,1-2H3,(H2,25,26)/b27-23+. The molecule has 9 nitrogen and oxygen atoms in total. The van der Waals surface area contributed by atoms with E-state index in [1.807, 2.05) is 19.9 Å². The van der Waals surface area contributed by atoms with Crippen molar-refractivity contribution in [1.82, 2.24) is 9.29 Å². The van der Waals surface area contributed by atoms with Crippen LogP contribution in [0, 0.1) is 0 Å². The lowest BCUT2D eigenvalue weighted by Crippen LogP contribution is -2.33. The third-order valence-corrected chi connectivity index (χ3v) is 7.89. The Kier molecular flexibility index (Phi) is 7.57. The van der Waals surface area contributed by atoms with Gasteiger partial charge in [-0.3, -0.25) is 4.31 Å². The first-order valence-corrected chi connectivity index (χ1v) is 13.2. The summed E-state index contributed by atoms with van der Waals surface area (Å²) in [6, 6.07) is 9.38. The minimum Gasteiger partial charge on any atom is -0.494 e. The summed E-state index contributed by atoms with van der Waals surface area (Å²) >= 11 is 0. The summed E-state index contributed by atoms with van der Waals surface area (Å²) in [7, 11) is -3.52. The van der Waals surface area contributed by atoms with E-state index in [2.05, 4.69) is 22.3 Å². The van der Waals surface area contributed by atoms with E-state index < -0.39 is 10.2 Å². The lowest BCUT2D eigenvalue weighted by atomic mass is 10.1. The van der Waals surface area contributed by atoms with Crippen LogP contribution in [0.2, 0.25) is 0 Å². The number of nitrogens with zero attached hydrogens (tertiary/aromatic N) is 4. The van der Waals surface area contributed by atoms with Crippen LogP contribution in [-0.4, -0.2) is 55.8 Å². The maximum absolute atomic E-state index is 12.8. The van der Waals surface area contributed by atoms with Crippen LogP contribution in [0.3, 0.4) is 0 Å². The van der Waals surface area contributed by atoms with E-state index in [4.69, 9.17) is 15.3 Å². The van der Waals surface area contributed by atoms with Crippen molar-refractivity contribution in [2.75, 3.05) is 36.3 Å². The molecule has 2 N–H and O–H groups in total. The molecule has 1 saturated heterocycles. The number of hydrogen-bond donors (Lipinski definition) is 1. The topological polar surface area (TPSA) is 110 Å². The summed E-state index contributed by atoms with van der Waals surface area (Å²) in [5.41, 5.74) is 9.64. The van der Waals surface area contributed by atoms with Crippen molar-refractivity contribution in [1.29, 1.82) is 0 Å². The van der Waals surface area contributed by atoms with Gasteiger partial charge in [0.05, 0.1) is 18.0 Å². The number of fused-ring (bicyclic) bond motifs is 1. The van der Waals surface area contributed by atoms with Gasteiger partial charge in [0.15, 0.2) is 0 Å². The van der Waals surface area contributed by atoms with Crippen molar-refractivity contribution in [2.24, 2.45) is 5.16 Å². The summed E-state index contributed by atoms with van der Waals surface area (Å²) < 4.78 is 34.6. The second-order valence-corrected chi connectivity index (χ2v) is 10.7. The molecule has 0 atom stereocenters. The van der Waals surface area contributed by atoms with Crippen molar-refractivity contribution in [3.63, 3.8) is 0 Å². The van der Waals surface area contributed by atoms with E-state index in [9.17, 15) is 8.42 Å². The summed E-state index contributed by atoms with van der Waals surface area (Å²) in [6.07, 6.45) is 5.97. The zero-order chi connectivity index (χ0) is 24.1. The van der Waals surface area contributed by atoms with Crippen molar-refractivity contribution in [3.8, 4) is 5.75 Å². The molecule has 2 aromatic rings. The first-order chi connectivity index (χ1) is 16.3. The molecule has 1 aliphatic carbocycles. The Hall–Kier alpha value is -2.85. The van der Waals surface area contributed by atoms with Crippen LogP contribution in [-0.2, 0) is 21.5 Å². The summed E-state index contributed by atoms with van der Waals surface area (Å²) in [5.74, 6) is 1.17. The van der Waals surface area contributed by atoms with Crippen molar-refractivity contribution in [3.05, 3.63) is 47.7 Å². The lowest BCUT2D eigenvalue weighted by molar-refractivity contribution is 0.0858. The maximum Gasteiger partial charge on any atom is 0.304 e. The number of nitrogen functional groups attached to an aromatic ring is 1. The maximum atomic E-state index is 12.8. The highest BCUT2D eigenvalue weighted by atomic mass is 32.2. The number of rotatable bonds is 10. The molecular formula is C24H33N5O4S. The third kappa shape index (κ3) is 5.61. The quantitative estimate of drug-likeness (QED) is 0.406. The Morgan fingerprint density at radius 3 is 2.76 bits per heavy atom. The molecular weight excluding hydrogens is 454 g/mol. The van der Waals surface area contributed by atoms with Crippen molar-refractivity contribution in [2.45, 2.75) is 52.1 Å². The number of benzene rings is 1. The predicted molar refractivity (Wildman–Crippen MR) is 133 cm³/mol. The number of hydrogen-bond acceptors (Lipinski definition) is 7. The predicted octanol–water partition coefficient (Wildman–Crippen LogP) is 3.36. The Bertz CT molecular complexity index is 1140. The Balaban J connectivity index is 1.19. The average molecular weight is 488 g/mol. The van der Waals surface area contributed by atoms with Crippen molar-refractivity contribution >= 4 is 27.4 Å². The summed E-state index contributed by atoms with van der Waals surface area (Å²) in [5, 5.41) is 4.28. The minimum atomic E-state index is -3.52. The van der Waals surface area contributed by atoms with Crippen LogP contribution in [0.1, 0.15) is 50.7 Å². The average Bonchev–Trinajstić information content (AvgIpc) is 3.34. The van der Waals surface area contributed by atoms with Gasteiger partial charge in [0.2, 0.25) is 0 Å². The molecule has 0 amide bonds. The van der Waals surface area contributed by atoms with Gasteiger partial charge in [-0.25, -0.2) is 4.98 Å². The first-order valence-electron chi connectivity index (χ1n) is 11.8. The van der Waals surface area contributed by atoms with E-state index in [1.54, 1.807) is 12.1 Å². The molecule has 4 rings (SSSR count). The van der Waals surface area contributed by atoms with E-state index in [1.165, 1.54) is 20.4 Å². The Morgan fingerprint density at radius 1 is 1.12 bits per heavy atom. The fraction of sp³-hybridized carbons (Fsp3) is 0.500. The number of ether oxygens (including phenoxy) is 1. The van der Waals surface area contributed by atoms with E-state index in [-0.39, 0.29) is 6.10 Å². The number of aromatic nitrogens is 1. The number of pyridine rings is 1. The van der Waals surface area contributed by atoms with Gasteiger partial charge in [0, 0.05) is 37.5 Å². The number of nitrogens with two attached hydrogens (primary N) is 1. The second-order valence-electron chi connectivity index (χ2n) is 8.84. The summed E-state index contributed by atoms with van der Waals surface area (Å²) in [4.78, 5) is 9.34. The second kappa shape index (κ2) is 10.6. The molecule has 10 heteroatoms. The zero-order valence-electron chi connectivity index (χ0n) is 19.8. The highest BCUT2D eigenvalue weighted by Crippen LogP contribution is 2.28. The number of anilines is 2. The largest absolute Gasteiger partial charge is 0.494 e. The van der Waals surface area contributed by atoms with Crippen LogP contribution in [0.15, 0.2) is 41.7 Å². The summed E-state index contributed by atoms with van der Waals surface area (Å²) in [6.45, 7) is 5.93. The minimum absolute atomic E-state index is 0.0736. The molecule has 0 saturated carbocycles. The van der Waals surface area contributed by atoms with E-state index in [0.717, 1.165) is 49.1 Å². The van der Waals surface area contributed by atoms with Gasteiger partial charge in [-0.2, -0.15) is 12.7 Å². The van der Waals surface area contributed by atoms with Crippen LogP contribution in [0.25, 0.3) is 0 Å². The van der Waals surface area contributed by atoms with Gasteiger partial charge in [0.1, 0.15) is 17.7 Å². The SMILES string of the molecule is CC(C)O/N=C1\CCc2cc(OCCCCCN3CCN(c4ccnc(N)c4)S3(=O)=O)ccc21. The fourth-order valence-corrected chi connectivity index (χ4v) is 5.85. The lowest BCUT2D eigenvalue weighted by Gasteiger charge is -2.20. The molecule has 0 radical (unpaired) electrons. The van der Waals surface area contributed by atoms with Crippen LogP contribution in [0.4, 0.5) is 11.5 Å². The monoisotopic (exact) mass is 487 g/mol. The highest BCUT2D eigenvalue weighted by Gasteiger charge is 2.36. The molecule has 1 aromatic carbocycles. The molecule has 184 valence electrons. The number of unbranched alkanes of at least 4 members (excludes halogenated alkanes) is 2. The molecule has 1 aromatic heterocycles. The molecule has 1 fully saturated rings. The first kappa shape index (κ1) is 24.3. The van der Waals surface area contributed by atoms with Crippen LogP contribution >= 0.6 is 0 Å². The van der Waals surface area contributed by atoms with E-state index in [0.29, 0.717) is 37.7 Å². The molecule has 0 bridgehead atoms. The van der Waals surface area contributed by atoms with Crippen LogP contribution in [0.5, 0.6) is 5.75 Å². The molecule has 0 spiro atoms. The molecule has 0 unspecified atom stereocenters. The molecule has 34 heavy (non-hydrogen) atoms. The number of aryl methyl sites for hydroxylation is 1. The number of oxime groups is 1.